The van der Waals surface area contributed by atoms with Gasteiger partial charge in [0.25, 0.3) is 0 Å². The molecule has 13 aromatic rings. The normalized spacial score (nSPS) is 12.4. The molecule has 0 atom stereocenters. The molecule has 0 radical (unpaired) electrons. The fourth-order valence-electron chi connectivity index (χ4n) is 9.61. The minimum absolute atomic E-state index is 0.663. The summed E-state index contributed by atoms with van der Waals surface area (Å²) in [5.41, 5.74) is 8.76. The van der Waals surface area contributed by atoms with Crippen molar-refractivity contribution in [2.24, 2.45) is 0 Å². The molecule has 0 bridgehead atoms. The van der Waals surface area contributed by atoms with Crippen molar-refractivity contribution in [3.05, 3.63) is 170 Å². The van der Waals surface area contributed by atoms with Crippen molar-refractivity contribution in [3.63, 3.8) is 0 Å². The molecule has 4 nitrogen and oxygen atoms in total. The van der Waals surface area contributed by atoms with E-state index >= 15 is 0 Å². The molecule has 0 aliphatic heterocycles. The third kappa shape index (κ3) is 3.52. The third-order valence-corrected chi connectivity index (χ3v) is 11.8. The molecule has 9 aromatic carbocycles. The van der Waals surface area contributed by atoms with Gasteiger partial charge in [-0.2, -0.15) is 0 Å². The summed E-state index contributed by atoms with van der Waals surface area (Å²) in [6, 6.07) is 61.6. The number of hydrogen-bond acceptors (Lipinski definition) is 2. The summed E-state index contributed by atoms with van der Waals surface area (Å²) in [6.45, 7) is 0. The highest BCUT2D eigenvalue weighted by Crippen LogP contribution is 2.48. The zero-order chi connectivity index (χ0) is 35.1. The van der Waals surface area contributed by atoms with Gasteiger partial charge in [0.05, 0.1) is 38.8 Å². The van der Waals surface area contributed by atoms with E-state index in [-0.39, 0.29) is 0 Å². The second-order valence-electron chi connectivity index (χ2n) is 14.5. The predicted octanol–water partition coefficient (Wildman–Crippen LogP) is 13.0. The van der Waals surface area contributed by atoms with Gasteiger partial charge in [-0.1, -0.05) is 146 Å². The maximum Gasteiger partial charge on any atom is 0.235 e. The molecule has 0 fully saturated rings. The number of hydrogen-bond donors (Lipinski definition) is 0. The number of rotatable bonds is 2. The largest absolute Gasteiger partial charge is 0.308 e. The average molecular weight is 685 g/mol. The Kier molecular flexibility index (Phi) is 5.34. The van der Waals surface area contributed by atoms with Crippen LogP contribution in [-0.4, -0.2) is 18.9 Å². The van der Waals surface area contributed by atoms with Crippen molar-refractivity contribution >= 4 is 103 Å². The second-order valence-corrected chi connectivity index (χ2v) is 14.5. The first kappa shape index (κ1) is 28.3. The highest BCUT2D eigenvalue weighted by Gasteiger charge is 2.26. The van der Waals surface area contributed by atoms with E-state index in [1.165, 1.54) is 75.8 Å². The molecule has 4 heteroatoms. The van der Waals surface area contributed by atoms with Crippen LogP contribution in [0.25, 0.3) is 120 Å². The van der Waals surface area contributed by atoms with Crippen molar-refractivity contribution in [1.29, 1.82) is 0 Å². The van der Waals surface area contributed by atoms with Crippen molar-refractivity contribution < 1.29 is 0 Å². The maximum absolute atomic E-state index is 5.62. The summed E-state index contributed by atoms with van der Waals surface area (Å²) in [7, 11) is 0. The van der Waals surface area contributed by atoms with Crippen molar-refractivity contribution in [3.8, 4) is 17.2 Å². The average Bonchev–Trinajstić information content (AvgIpc) is 3.71. The smallest absolute Gasteiger partial charge is 0.235 e. The lowest BCUT2D eigenvalue weighted by Crippen LogP contribution is -2.04. The van der Waals surface area contributed by atoms with E-state index in [1.54, 1.807) is 0 Å². The van der Waals surface area contributed by atoms with Crippen LogP contribution in [0.5, 0.6) is 0 Å². The van der Waals surface area contributed by atoms with Crippen LogP contribution >= 0.6 is 0 Å². The van der Waals surface area contributed by atoms with Gasteiger partial charge in [-0.05, 0) is 51.2 Å². The van der Waals surface area contributed by atoms with E-state index in [4.69, 9.17) is 9.97 Å². The number of benzene rings is 9. The molecule has 4 heterocycles. The Morgan fingerprint density at radius 2 is 0.981 bits per heavy atom. The molecule has 0 aliphatic rings. The lowest BCUT2D eigenvalue weighted by Gasteiger charge is -2.15. The van der Waals surface area contributed by atoms with Crippen LogP contribution in [0, 0.1) is 0 Å². The van der Waals surface area contributed by atoms with E-state index in [2.05, 4.69) is 179 Å². The Morgan fingerprint density at radius 1 is 0.352 bits per heavy atom. The molecule has 0 amide bonds. The number of para-hydroxylation sites is 2. The maximum atomic E-state index is 5.62. The topological polar surface area (TPSA) is 35.1 Å². The molecule has 4 aromatic heterocycles. The first-order chi connectivity index (χ1) is 26.8. The van der Waals surface area contributed by atoms with Gasteiger partial charge in [0.2, 0.25) is 5.95 Å². The lowest BCUT2D eigenvalue weighted by molar-refractivity contribution is 1.02. The quantitative estimate of drug-likeness (QED) is 0.170. The fourth-order valence-corrected chi connectivity index (χ4v) is 9.61. The number of aromatic nitrogens is 4. The Bertz CT molecular complexity index is 3720. The van der Waals surface area contributed by atoms with Crippen LogP contribution in [0.15, 0.2) is 170 Å². The molecule has 13 rings (SSSR count). The van der Waals surface area contributed by atoms with Crippen LogP contribution < -0.4 is 0 Å². The van der Waals surface area contributed by atoms with E-state index in [9.17, 15) is 0 Å². The monoisotopic (exact) mass is 684 g/mol. The van der Waals surface area contributed by atoms with E-state index < -0.39 is 0 Å². The van der Waals surface area contributed by atoms with Gasteiger partial charge >= 0.3 is 0 Å². The molecular weight excluding hydrogens is 657 g/mol. The fraction of sp³-hybridized carbons (Fsp3) is 0. The zero-order valence-electron chi connectivity index (χ0n) is 29.0. The van der Waals surface area contributed by atoms with Crippen LogP contribution in [0.4, 0.5) is 0 Å². The van der Waals surface area contributed by atoms with Gasteiger partial charge in [-0.3, -0.25) is 4.57 Å². The SMILES string of the molecule is c1ccc(-c2nc(-n3c4cc5ccccc5c5c6cccc7c8ccccc8n(c8cc9ccccc9c3c8c54)c76)nc3ccc4ccccc4c23)cc1. The highest BCUT2D eigenvalue weighted by molar-refractivity contribution is 6.38. The minimum atomic E-state index is 0.663. The van der Waals surface area contributed by atoms with Crippen molar-refractivity contribution in [2.75, 3.05) is 0 Å². The highest BCUT2D eigenvalue weighted by atomic mass is 15.2. The van der Waals surface area contributed by atoms with Gasteiger partial charge in [0.1, 0.15) is 0 Å². The van der Waals surface area contributed by atoms with Gasteiger partial charge < -0.3 is 4.40 Å². The summed E-state index contributed by atoms with van der Waals surface area (Å²) in [6.07, 6.45) is 0. The second kappa shape index (κ2) is 10.2. The van der Waals surface area contributed by atoms with Gasteiger partial charge in [0.15, 0.2) is 0 Å². The van der Waals surface area contributed by atoms with Crippen molar-refractivity contribution in [2.45, 2.75) is 0 Å². The summed E-state index contributed by atoms with van der Waals surface area (Å²) >= 11 is 0. The Hall–Kier alpha value is -7.30. The first-order valence-electron chi connectivity index (χ1n) is 18.5. The van der Waals surface area contributed by atoms with E-state index in [1.807, 2.05) is 0 Å². The summed E-state index contributed by atoms with van der Waals surface area (Å²) < 4.78 is 4.89. The minimum Gasteiger partial charge on any atom is -0.308 e. The third-order valence-electron chi connectivity index (χ3n) is 11.8. The van der Waals surface area contributed by atoms with Crippen LogP contribution in [0.3, 0.4) is 0 Å². The van der Waals surface area contributed by atoms with Crippen LogP contribution in [0.1, 0.15) is 0 Å². The zero-order valence-corrected chi connectivity index (χ0v) is 29.0. The Balaban J connectivity index is 1.35. The Morgan fingerprint density at radius 3 is 1.81 bits per heavy atom. The number of nitrogens with zero attached hydrogens (tertiary/aromatic N) is 4. The molecule has 0 saturated carbocycles. The molecule has 0 unspecified atom stereocenters. The predicted molar refractivity (Wildman–Crippen MR) is 226 cm³/mol. The lowest BCUT2D eigenvalue weighted by atomic mass is 9.97. The molecule has 0 spiro atoms. The first-order valence-corrected chi connectivity index (χ1v) is 18.5. The van der Waals surface area contributed by atoms with Crippen LogP contribution in [0.2, 0.25) is 0 Å². The summed E-state index contributed by atoms with van der Waals surface area (Å²) in [5, 5.41) is 15.6. The van der Waals surface area contributed by atoms with Crippen LogP contribution in [-0.2, 0) is 0 Å². The van der Waals surface area contributed by atoms with Gasteiger partial charge in [0, 0.05) is 48.7 Å². The summed E-state index contributed by atoms with van der Waals surface area (Å²) in [5.74, 6) is 0.663. The molecule has 0 saturated heterocycles. The number of fused-ring (bicyclic) bond motifs is 12. The molecule has 0 aliphatic carbocycles. The van der Waals surface area contributed by atoms with E-state index in [0.717, 1.165) is 38.6 Å². The molecular formula is C50H28N4. The van der Waals surface area contributed by atoms with Gasteiger partial charge in [-0.15, -0.1) is 0 Å². The summed E-state index contributed by atoms with van der Waals surface area (Å²) in [4.78, 5) is 11.1. The molecule has 0 N–H and O–H groups in total. The Labute approximate surface area is 308 Å². The standard InChI is InChI=1S/C50H28N4/c1-2-14-30(15-3-1)47-44-33-18-7-4-13-29(33)25-26-39(44)51-50(52-47)54-41-27-31-16-5-8-19-34(31)43-38-23-12-22-37-36-21-10-11-24-40(36)53(48(37)38)42-28-32-17-6-9-20-35(32)49(54)46(42)45(41)43/h1-28H. The van der Waals surface area contributed by atoms with E-state index in [0.29, 0.717) is 5.95 Å². The molecule has 54 heavy (non-hydrogen) atoms. The molecule has 248 valence electrons. The van der Waals surface area contributed by atoms with Crippen molar-refractivity contribution in [1.82, 2.24) is 18.9 Å². The van der Waals surface area contributed by atoms with Gasteiger partial charge in [-0.25, -0.2) is 9.97 Å².